The summed E-state index contributed by atoms with van der Waals surface area (Å²) in [6.07, 6.45) is 4.25. The minimum Gasteiger partial charge on any atom is -0.384 e. The van der Waals surface area contributed by atoms with Gasteiger partial charge in [0.05, 0.1) is 6.54 Å². The second-order valence-electron chi connectivity index (χ2n) is 7.86. The van der Waals surface area contributed by atoms with Gasteiger partial charge in [0.15, 0.2) is 0 Å². The van der Waals surface area contributed by atoms with E-state index >= 15 is 0 Å². The smallest absolute Gasteiger partial charge is 0.128 e. The van der Waals surface area contributed by atoms with Gasteiger partial charge in [0.25, 0.3) is 0 Å². The predicted molar refractivity (Wildman–Crippen MR) is 115 cm³/mol. The molecule has 1 N–H and O–H groups in total. The fourth-order valence-electron chi connectivity index (χ4n) is 4.13. The van der Waals surface area contributed by atoms with Gasteiger partial charge in [0.1, 0.15) is 11.4 Å². The van der Waals surface area contributed by atoms with Gasteiger partial charge in [-0.2, -0.15) is 0 Å². The van der Waals surface area contributed by atoms with Crippen LogP contribution in [0.25, 0.3) is 0 Å². The van der Waals surface area contributed by atoms with E-state index in [0.717, 1.165) is 36.8 Å². The normalized spacial score (nSPS) is 16.8. The number of piperidine rings is 1. The standard InChI is InChI=1S/C24H26ClFN2O/c25-21-9-7-19(8-10-21)11-15-27-16-12-24(29,13-17-27)23-6-3-14-28(23)18-20-4-1-2-5-22(20)26/h1-10,14,29H,11-13,15-18H2. The zero-order chi connectivity index (χ0) is 20.3. The Hall–Kier alpha value is -2.14. The number of aromatic nitrogens is 1. The Morgan fingerprint density at radius 2 is 1.69 bits per heavy atom. The van der Waals surface area contributed by atoms with Crippen LogP contribution < -0.4 is 0 Å². The monoisotopic (exact) mass is 412 g/mol. The number of rotatable bonds is 6. The molecular weight excluding hydrogens is 387 g/mol. The predicted octanol–water partition coefficient (Wildman–Crippen LogP) is 4.86. The highest BCUT2D eigenvalue weighted by Crippen LogP contribution is 2.33. The molecular formula is C24H26ClFN2O. The Morgan fingerprint density at radius 1 is 0.966 bits per heavy atom. The van der Waals surface area contributed by atoms with Crippen molar-refractivity contribution in [3.63, 3.8) is 0 Å². The topological polar surface area (TPSA) is 28.4 Å². The van der Waals surface area contributed by atoms with E-state index in [1.807, 2.05) is 41.1 Å². The van der Waals surface area contributed by atoms with E-state index in [9.17, 15) is 9.50 Å². The molecule has 4 rings (SSSR count). The lowest BCUT2D eigenvalue weighted by Gasteiger charge is -2.39. The van der Waals surface area contributed by atoms with Crippen LogP contribution in [0.5, 0.6) is 0 Å². The lowest BCUT2D eigenvalue weighted by Crippen LogP contribution is -2.44. The summed E-state index contributed by atoms with van der Waals surface area (Å²) < 4.78 is 16.0. The van der Waals surface area contributed by atoms with Crippen LogP contribution in [0.4, 0.5) is 4.39 Å². The average molecular weight is 413 g/mol. The molecule has 1 aromatic heterocycles. The lowest BCUT2D eigenvalue weighted by atomic mass is 9.88. The first-order valence-corrected chi connectivity index (χ1v) is 10.5. The van der Waals surface area contributed by atoms with E-state index in [0.29, 0.717) is 24.9 Å². The molecule has 5 heteroatoms. The van der Waals surface area contributed by atoms with Crippen molar-refractivity contribution < 1.29 is 9.50 Å². The number of likely N-dealkylation sites (tertiary alicyclic amines) is 1. The van der Waals surface area contributed by atoms with Crippen LogP contribution in [0.15, 0.2) is 66.9 Å². The van der Waals surface area contributed by atoms with E-state index in [4.69, 9.17) is 11.6 Å². The third kappa shape index (κ3) is 4.72. The number of aliphatic hydroxyl groups is 1. The molecule has 1 fully saturated rings. The molecule has 0 aliphatic carbocycles. The minimum absolute atomic E-state index is 0.212. The highest BCUT2D eigenvalue weighted by molar-refractivity contribution is 6.30. The molecule has 1 aliphatic rings. The van der Waals surface area contributed by atoms with Crippen molar-refractivity contribution in [3.8, 4) is 0 Å². The third-order valence-electron chi connectivity index (χ3n) is 5.92. The zero-order valence-electron chi connectivity index (χ0n) is 16.4. The summed E-state index contributed by atoms with van der Waals surface area (Å²) in [5.41, 5.74) is 1.91. The lowest BCUT2D eigenvalue weighted by molar-refractivity contribution is -0.0313. The SMILES string of the molecule is OC1(c2cccn2Cc2ccccc2F)CCN(CCc2ccc(Cl)cc2)CC1. The van der Waals surface area contributed by atoms with Crippen molar-refractivity contribution >= 4 is 11.6 Å². The fraction of sp³-hybridized carbons (Fsp3) is 0.333. The van der Waals surface area contributed by atoms with E-state index < -0.39 is 5.60 Å². The molecule has 0 radical (unpaired) electrons. The Morgan fingerprint density at radius 3 is 2.41 bits per heavy atom. The molecule has 29 heavy (non-hydrogen) atoms. The van der Waals surface area contributed by atoms with Crippen molar-refractivity contribution in [2.45, 2.75) is 31.4 Å². The highest BCUT2D eigenvalue weighted by atomic mass is 35.5. The first-order valence-electron chi connectivity index (χ1n) is 10.1. The largest absolute Gasteiger partial charge is 0.384 e. The van der Waals surface area contributed by atoms with Crippen LogP contribution in [0.1, 0.15) is 29.7 Å². The third-order valence-corrected chi connectivity index (χ3v) is 6.17. The Balaban J connectivity index is 1.38. The van der Waals surface area contributed by atoms with Crippen molar-refractivity contribution in [1.82, 2.24) is 9.47 Å². The molecule has 1 saturated heterocycles. The van der Waals surface area contributed by atoms with Crippen molar-refractivity contribution in [2.24, 2.45) is 0 Å². The number of halogens is 2. The molecule has 0 bridgehead atoms. The first kappa shape index (κ1) is 20.1. The van der Waals surface area contributed by atoms with Gasteiger partial charge in [0, 0.05) is 42.1 Å². The number of benzene rings is 2. The molecule has 3 aromatic rings. The molecule has 0 amide bonds. The van der Waals surface area contributed by atoms with E-state index in [1.54, 1.807) is 12.1 Å². The number of hydrogen-bond acceptors (Lipinski definition) is 2. The number of nitrogens with zero attached hydrogens (tertiary/aromatic N) is 2. The van der Waals surface area contributed by atoms with Gasteiger partial charge in [-0.15, -0.1) is 0 Å². The van der Waals surface area contributed by atoms with Gasteiger partial charge in [0.2, 0.25) is 0 Å². The van der Waals surface area contributed by atoms with Gasteiger partial charge in [-0.25, -0.2) is 4.39 Å². The van der Waals surface area contributed by atoms with Crippen LogP contribution in [-0.2, 0) is 18.6 Å². The van der Waals surface area contributed by atoms with Crippen molar-refractivity contribution in [1.29, 1.82) is 0 Å². The van der Waals surface area contributed by atoms with E-state index in [-0.39, 0.29) is 5.82 Å². The van der Waals surface area contributed by atoms with Crippen LogP contribution >= 0.6 is 11.6 Å². The minimum atomic E-state index is -0.870. The summed E-state index contributed by atoms with van der Waals surface area (Å²) in [6, 6.07) is 18.7. The summed E-state index contributed by atoms with van der Waals surface area (Å²) in [5.74, 6) is -0.212. The molecule has 0 spiro atoms. The summed E-state index contributed by atoms with van der Waals surface area (Å²) in [7, 11) is 0. The Kier molecular flexibility index (Phi) is 6.04. The summed E-state index contributed by atoms with van der Waals surface area (Å²) >= 11 is 5.95. The maximum Gasteiger partial charge on any atom is 0.128 e. The summed E-state index contributed by atoms with van der Waals surface area (Å²) in [6.45, 7) is 3.08. The van der Waals surface area contributed by atoms with Gasteiger partial charge < -0.3 is 14.6 Å². The average Bonchev–Trinajstić information content (AvgIpc) is 3.20. The quantitative estimate of drug-likeness (QED) is 0.626. The fourth-order valence-corrected chi connectivity index (χ4v) is 4.25. The van der Waals surface area contributed by atoms with Gasteiger partial charge in [-0.05, 0) is 55.2 Å². The van der Waals surface area contributed by atoms with Gasteiger partial charge >= 0.3 is 0 Å². The Bertz CT molecular complexity index is 946. The zero-order valence-corrected chi connectivity index (χ0v) is 17.2. The van der Waals surface area contributed by atoms with Crippen LogP contribution in [-0.4, -0.2) is 34.2 Å². The molecule has 0 atom stereocenters. The molecule has 1 aliphatic heterocycles. The van der Waals surface area contributed by atoms with Gasteiger partial charge in [-0.3, -0.25) is 0 Å². The molecule has 0 unspecified atom stereocenters. The summed E-state index contributed by atoms with van der Waals surface area (Å²) in [4.78, 5) is 2.40. The van der Waals surface area contributed by atoms with E-state index in [2.05, 4.69) is 17.0 Å². The second-order valence-corrected chi connectivity index (χ2v) is 8.30. The van der Waals surface area contributed by atoms with Gasteiger partial charge in [-0.1, -0.05) is 41.9 Å². The van der Waals surface area contributed by atoms with E-state index in [1.165, 1.54) is 11.6 Å². The summed E-state index contributed by atoms with van der Waals surface area (Å²) in [5, 5.41) is 12.1. The molecule has 2 heterocycles. The molecule has 2 aromatic carbocycles. The molecule has 0 saturated carbocycles. The van der Waals surface area contributed by atoms with Crippen molar-refractivity contribution in [2.75, 3.05) is 19.6 Å². The van der Waals surface area contributed by atoms with Crippen LogP contribution in [0.3, 0.4) is 0 Å². The first-order chi connectivity index (χ1) is 14.0. The Labute approximate surface area is 176 Å². The maximum atomic E-state index is 14.1. The van der Waals surface area contributed by atoms with Crippen LogP contribution in [0, 0.1) is 5.82 Å². The highest BCUT2D eigenvalue weighted by Gasteiger charge is 2.36. The number of hydrogen-bond donors (Lipinski definition) is 1. The van der Waals surface area contributed by atoms with Crippen molar-refractivity contribution in [3.05, 3.63) is 94.5 Å². The maximum absolute atomic E-state index is 14.1. The molecule has 152 valence electrons. The van der Waals surface area contributed by atoms with Crippen LogP contribution in [0.2, 0.25) is 5.02 Å². The second kappa shape index (κ2) is 8.70. The molecule has 3 nitrogen and oxygen atoms in total.